The first-order chi connectivity index (χ1) is 12.4. The van der Waals surface area contributed by atoms with E-state index in [9.17, 15) is 14.4 Å². The van der Waals surface area contributed by atoms with Crippen LogP contribution in [0, 0.1) is 0 Å². The second-order valence-electron chi connectivity index (χ2n) is 6.09. The highest BCUT2D eigenvalue weighted by Crippen LogP contribution is 2.45. The highest BCUT2D eigenvalue weighted by Gasteiger charge is 2.33. The molecule has 1 aromatic rings. The van der Waals surface area contributed by atoms with Crippen molar-refractivity contribution in [2.24, 2.45) is 10.7 Å². The Morgan fingerprint density at radius 2 is 2.04 bits per heavy atom. The lowest BCUT2D eigenvalue weighted by atomic mass is 10.1. The first kappa shape index (κ1) is 23.1. The van der Waals surface area contributed by atoms with Crippen LogP contribution in [-0.4, -0.2) is 51.8 Å². The summed E-state index contributed by atoms with van der Waals surface area (Å²) in [6, 6.07) is 7.42. The molecule has 0 aliphatic heterocycles. The molecule has 0 radical (unpaired) electrons. The van der Waals surface area contributed by atoms with E-state index < -0.39 is 13.4 Å². The number of unbranched alkanes of at least 4 members (excludes halogenated alkanes) is 1. The fourth-order valence-corrected chi connectivity index (χ4v) is 3.94. The number of thiocarbonyl (C=S) groups is 1. The van der Waals surface area contributed by atoms with Crippen molar-refractivity contribution >= 4 is 30.7 Å². The molecular formula is C17H29N4O3PS. The summed E-state index contributed by atoms with van der Waals surface area (Å²) >= 11 is 4.59. The van der Waals surface area contributed by atoms with E-state index in [1.165, 1.54) is 0 Å². The van der Waals surface area contributed by atoms with Crippen LogP contribution in [0.25, 0.3) is 0 Å². The van der Waals surface area contributed by atoms with Gasteiger partial charge in [-0.1, -0.05) is 31.9 Å². The SMILES string of the molecule is CCCCC(N(CCNCCN)Cc1ccc(N=C=S)cc1)P(=O)(O)O. The van der Waals surface area contributed by atoms with Crippen LogP contribution in [0.4, 0.5) is 5.69 Å². The first-order valence-corrected chi connectivity index (χ1v) is 10.9. The van der Waals surface area contributed by atoms with Gasteiger partial charge >= 0.3 is 7.60 Å². The Bertz CT molecular complexity index is 617. The molecule has 0 saturated heterocycles. The predicted octanol–water partition coefficient (Wildman–Crippen LogP) is 2.47. The number of hydrogen-bond acceptors (Lipinski definition) is 6. The third-order valence-corrected chi connectivity index (χ3v) is 5.47. The van der Waals surface area contributed by atoms with Crippen LogP contribution in [0.2, 0.25) is 0 Å². The lowest BCUT2D eigenvalue weighted by Gasteiger charge is -2.32. The van der Waals surface area contributed by atoms with Crippen LogP contribution < -0.4 is 11.1 Å². The summed E-state index contributed by atoms with van der Waals surface area (Å²) in [4.78, 5) is 25.5. The van der Waals surface area contributed by atoms with Gasteiger partial charge in [0.25, 0.3) is 0 Å². The second-order valence-corrected chi connectivity index (χ2v) is 8.05. The van der Waals surface area contributed by atoms with E-state index in [4.69, 9.17) is 5.73 Å². The lowest BCUT2D eigenvalue weighted by Crippen LogP contribution is -2.40. The third-order valence-electron chi connectivity index (χ3n) is 4.02. The molecule has 0 bridgehead atoms. The molecule has 1 unspecified atom stereocenters. The summed E-state index contributed by atoms with van der Waals surface area (Å²) in [7, 11) is -4.24. The average Bonchev–Trinajstić information content (AvgIpc) is 2.59. The van der Waals surface area contributed by atoms with Crippen molar-refractivity contribution in [2.75, 3.05) is 26.2 Å². The fourth-order valence-electron chi connectivity index (χ4n) is 2.70. The number of hydrogen-bond donors (Lipinski definition) is 4. The molecule has 0 spiro atoms. The van der Waals surface area contributed by atoms with Crippen LogP contribution in [0.15, 0.2) is 29.3 Å². The van der Waals surface area contributed by atoms with Crippen LogP contribution in [-0.2, 0) is 11.1 Å². The standard InChI is InChI=1S/C17H29N4O3PS/c1-2-3-4-17(25(22,23)24)21(12-11-19-10-9-18)13-15-5-7-16(8-6-15)20-14-26/h5-8,17,19H,2-4,9-13,18H2,1H3,(H2,22,23,24). The molecule has 0 fully saturated rings. The Morgan fingerprint density at radius 1 is 1.35 bits per heavy atom. The maximum atomic E-state index is 12.1. The van der Waals surface area contributed by atoms with E-state index in [2.05, 4.69) is 27.7 Å². The van der Waals surface area contributed by atoms with E-state index in [-0.39, 0.29) is 0 Å². The molecule has 1 rings (SSSR count). The van der Waals surface area contributed by atoms with Gasteiger partial charge in [0.05, 0.1) is 10.8 Å². The van der Waals surface area contributed by atoms with Crippen LogP contribution in [0.5, 0.6) is 0 Å². The van der Waals surface area contributed by atoms with E-state index >= 15 is 0 Å². The summed E-state index contributed by atoms with van der Waals surface area (Å²) < 4.78 is 12.1. The number of nitrogens with zero attached hydrogens (tertiary/aromatic N) is 2. The molecule has 0 saturated carbocycles. The molecule has 0 aliphatic rings. The van der Waals surface area contributed by atoms with Gasteiger partial charge in [-0.2, -0.15) is 4.99 Å². The summed E-state index contributed by atoms with van der Waals surface area (Å²) in [6.07, 6.45) is 2.12. The topological polar surface area (TPSA) is 111 Å². The quantitative estimate of drug-likeness (QED) is 0.174. The molecule has 1 atom stereocenters. The van der Waals surface area contributed by atoms with Crippen LogP contribution in [0.3, 0.4) is 0 Å². The van der Waals surface area contributed by atoms with Crippen molar-refractivity contribution in [1.29, 1.82) is 0 Å². The zero-order valence-electron chi connectivity index (χ0n) is 15.2. The van der Waals surface area contributed by atoms with E-state index in [0.29, 0.717) is 44.8 Å². The molecule has 26 heavy (non-hydrogen) atoms. The number of aliphatic imine (C=N–C) groups is 1. The molecular weight excluding hydrogens is 371 g/mol. The maximum Gasteiger partial charge on any atom is 0.342 e. The number of benzene rings is 1. The molecule has 7 nitrogen and oxygen atoms in total. The van der Waals surface area contributed by atoms with Gasteiger partial charge in [-0.25, -0.2) is 0 Å². The minimum Gasteiger partial charge on any atom is -0.329 e. The van der Waals surface area contributed by atoms with Crippen molar-refractivity contribution in [1.82, 2.24) is 10.2 Å². The van der Waals surface area contributed by atoms with E-state index in [1.807, 2.05) is 36.1 Å². The van der Waals surface area contributed by atoms with Gasteiger partial charge in [-0.15, -0.1) is 0 Å². The monoisotopic (exact) mass is 400 g/mol. The van der Waals surface area contributed by atoms with Gasteiger partial charge in [0, 0.05) is 32.7 Å². The highest BCUT2D eigenvalue weighted by molar-refractivity contribution is 7.78. The van der Waals surface area contributed by atoms with Crippen molar-refractivity contribution in [3.8, 4) is 0 Å². The summed E-state index contributed by atoms with van der Waals surface area (Å²) in [5.41, 5.74) is 7.15. The van der Waals surface area contributed by atoms with Crippen LogP contribution in [0.1, 0.15) is 31.7 Å². The minimum atomic E-state index is -4.24. The molecule has 0 aliphatic carbocycles. The Morgan fingerprint density at radius 3 is 2.58 bits per heavy atom. The first-order valence-electron chi connectivity index (χ1n) is 8.79. The van der Waals surface area contributed by atoms with Gasteiger partial charge < -0.3 is 20.8 Å². The maximum absolute atomic E-state index is 12.1. The Kier molecular flexibility index (Phi) is 11.0. The molecule has 5 N–H and O–H groups in total. The average molecular weight is 400 g/mol. The summed E-state index contributed by atoms with van der Waals surface area (Å²) in [6.45, 7) is 4.81. The third kappa shape index (κ3) is 8.62. The fraction of sp³-hybridized carbons (Fsp3) is 0.588. The number of rotatable bonds is 13. The Labute approximate surface area is 160 Å². The Balaban J connectivity index is 2.93. The van der Waals surface area contributed by atoms with Gasteiger partial charge in [-0.3, -0.25) is 9.46 Å². The van der Waals surface area contributed by atoms with Gasteiger partial charge in [0.1, 0.15) is 5.78 Å². The largest absolute Gasteiger partial charge is 0.342 e. The van der Waals surface area contributed by atoms with Gasteiger partial charge in [0.15, 0.2) is 0 Å². The van der Waals surface area contributed by atoms with Crippen LogP contribution >= 0.6 is 19.8 Å². The van der Waals surface area contributed by atoms with Crippen molar-refractivity contribution < 1.29 is 14.4 Å². The van der Waals surface area contributed by atoms with Crippen molar-refractivity contribution in [3.63, 3.8) is 0 Å². The van der Waals surface area contributed by atoms with Gasteiger partial charge in [-0.05, 0) is 36.3 Å². The molecule has 0 heterocycles. The number of isothiocyanates is 1. The molecule has 0 amide bonds. The zero-order chi connectivity index (χ0) is 19.4. The number of nitrogens with two attached hydrogens (primary N) is 1. The van der Waals surface area contributed by atoms with Crippen molar-refractivity contribution in [2.45, 2.75) is 38.5 Å². The normalized spacial score (nSPS) is 12.8. The summed E-state index contributed by atoms with van der Waals surface area (Å²) in [5, 5.41) is 5.51. The second kappa shape index (κ2) is 12.4. The van der Waals surface area contributed by atoms with E-state index in [0.717, 1.165) is 18.4 Å². The van der Waals surface area contributed by atoms with Gasteiger partial charge in [0.2, 0.25) is 0 Å². The predicted molar refractivity (Wildman–Crippen MR) is 109 cm³/mol. The zero-order valence-corrected chi connectivity index (χ0v) is 16.9. The highest BCUT2D eigenvalue weighted by atomic mass is 32.1. The Hall–Kier alpha value is -0.950. The molecule has 146 valence electrons. The lowest BCUT2D eigenvalue weighted by molar-refractivity contribution is 0.196. The smallest absolute Gasteiger partial charge is 0.329 e. The summed E-state index contributed by atoms with van der Waals surface area (Å²) in [5.74, 6) is -0.791. The van der Waals surface area contributed by atoms with E-state index in [1.54, 1.807) is 0 Å². The van der Waals surface area contributed by atoms with Crippen molar-refractivity contribution in [3.05, 3.63) is 29.8 Å². The molecule has 0 aromatic heterocycles. The molecule has 9 heteroatoms. The number of nitrogens with one attached hydrogen (secondary N) is 1. The molecule has 1 aromatic carbocycles. The minimum absolute atomic E-state index is 0.450.